The van der Waals surface area contributed by atoms with Gasteiger partial charge in [0.2, 0.25) is 0 Å². The molecule has 0 aliphatic rings. The molecular weight excluding hydrogens is 266 g/mol. The van der Waals surface area contributed by atoms with Gasteiger partial charge in [0.1, 0.15) is 5.25 Å². The summed E-state index contributed by atoms with van der Waals surface area (Å²) >= 11 is 0. The Kier molecular flexibility index (Phi) is 3.57. The highest BCUT2D eigenvalue weighted by molar-refractivity contribution is 7.90. The summed E-state index contributed by atoms with van der Waals surface area (Å²) in [5, 5.41) is 5.97. The first-order chi connectivity index (χ1) is 8.93. The van der Waals surface area contributed by atoms with Crippen LogP contribution in [0.15, 0.2) is 28.8 Å². The smallest absolute Gasteiger partial charge is 0.260 e. The second kappa shape index (κ2) is 5.00. The molecule has 1 aromatic heterocycles. The molecule has 7 heteroatoms. The molecule has 1 N–H and O–H groups in total. The van der Waals surface area contributed by atoms with Crippen LogP contribution in [0.3, 0.4) is 0 Å². The minimum atomic E-state index is -3.24. The Labute approximate surface area is 111 Å². The van der Waals surface area contributed by atoms with E-state index in [1.54, 1.807) is 7.05 Å². The van der Waals surface area contributed by atoms with Gasteiger partial charge in [0.25, 0.3) is 5.89 Å². The SMILES string of the molecule is CNc1ccccc1-c1nc(C(C)S(C)(=O)=O)no1. The second-order valence-corrected chi connectivity index (χ2v) is 6.59. The minimum absolute atomic E-state index is 0.170. The van der Waals surface area contributed by atoms with E-state index in [2.05, 4.69) is 15.5 Å². The van der Waals surface area contributed by atoms with Gasteiger partial charge in [-0.05, 0) is 19.1 Å². The largest absolute Gasteiger partial charge is 0.387 e. The fourth-order valence-electron chi connectivity index (χ4n) is 1.59. The normalized spacial score (nSPS) is 13.2. The summed E-state index contributed by atoms with van der Waals surface area (Å²) in [4.78, 5) is 4.16. The molecule has 1 heterocycles. The second-order valence-electron chi connectivity index (χ2n) is 4.23. The average molecular weight is 281 g/mol. The van der Waals surface area contributed by atoms with Crippen molar-refractivity contribution >= 4 is 15.5 Å². The third kappa shape index (κ3) is 2.76. The van der Waals surface area contributed by atoms with Crippen LogP contribution in [0, 0.1) is 0 Å². The molecule has 0 saturated carbocycles. The van der Waals surface area contributed by atoms with Gasteiger partial charge in [0.15, 0.2) is 15.7 Å². The highest BCUT2D eigenvalue weighted by Crippen LogP contribution is 2.28. The Morgan fingerprint density at radius 3 is 2.63 bits per heavy atom. The van der Waals surface area contributed by atoms with Crippen molar-refractivity contribution in [2.75, 3.05) is 18.6 Å². The van der Waals surface area contributed by atoms with Crippen LogP contribution in [0.5, 0.6) is 0 Å². The third-order valence-corrected chi connectivity index (χ3v) is 4.37. The van der Waals surface area contributed by atoms with Crippen LogP contribution < -0.4 is 5.32 Å². The summed E-state index contributed by atoms with van der Waals surface area (Å²) in [6, 6.07) is 7.43. The average Bonchev–Trinajstić information content (AvgIpc) is 2.86. The van der Waals surface area contributed by atoms with Gasteiger partial charge in [-0.3, -0.25) is 0 Å². The van der Waals surface area contributed by atoms with Crippen molar-refractivity contribution in [1.29, 1.82) is 0 Å². The van der Waals surface area contributed by atoms with Gasteiger partial charge in [0, 0.05) is 19.0 Å². The Bertz CT molecular complexity index is 679. The molecule has 0 aliphatic carbocycles. The number of para-hydroxylation sites is 1. The Hall–Kier alpha value is -1.89. The molecule has 0 spiro atoms. The molecule has 0 aliphatic heterocycles. The molecule has 6 nitrogen and oxygen atoms in total. The van der Waals surface area contributed by atoms with Crippen LogP contribution in [0.4, 0.5) is 5.69 Å². The van der Waals surface area contributed by atoms with Gasteiger partial charge in [-0.25, -0.2) is 8.42 Å². The number of sulfone groups is 1. The number of hydrogen-bond acceptors (Lipinski definition) is 6. The van der Waals surface area contributed by atoms with E-state index in [0.29, 0.717) is 5.89 Å². The van der Waals surface area contributed by atoms with Crippen molar-refractivity contribution < 1.29 is 12.9 Å². The molecule has 0 bridgehead atoms. The number of nitrogens with zero attached hydrogens (tertiary/aromatic N) is 2. The van der Waals surface area contributed by atoms with E-state index in [1.807, 2.05) is 24.3 Å². The maximum Gasteiger partial charge on any atom is 0.260 e. The molecule has 2 rings (SSSR count). The van der Waals surface area contributed by atoms with E-state index in [9.17, 15) is 8.42 Å². The highest BCUT2D eigenvalue weighted by atomic mass is 32.2. The predicted molar refractivity (Wildman–Crippen MR) is 72.5 cm³/mol. The van der Waals surface area contributed by atoms with Gasteiger partial charge < -0.3 is 9.84 Å². The van der Waals surface area contributed by atoms with Crippen molar-refractivity contribution in [3.8, 4) is 11.5 Å². The standard InChI is InChI=1S/C12H15N3O3S/c1-8(19(3,16)17)11-14-12(18-15-11)9-6-4-5-7-10(9)13-2/h4-8,13H,1-3H3. The Morgan fingerprint density at radius 2 is 2.00 bits per heavy atom. The van der Waals surface area contributed by atoms with Crippen molar-refractivity contribution in [1.82, 2.24) is 10.1 Å². The highest BCUT2D eigenvalue weighted by Gasteiger charge is 2.23. The Balaban J connectivity index is 2.42. The summed E-state index contributed by atoms with van der Waals surface area (Å²) < 4.78 is 28.1. The molecular formula is C12H15N3O3S. The molecule has 0 amide bonds. The number of nitrogens with one attached hydrogen (secondary N) is 1. The maximum absolute atomic E-state index is 11.5. The molecule has 0 saturated heterocycles. The summed E-state index contributed by atoms with van der Waals surface area (Å²) in [6.07, 6.45) is 1.15. The van der Waals surface area contributed by atoms with Crippen LogP contribution in [-0.4, -0.2) is 31.9 Å². The number of anilines is 1. The van der Waals surface area contributed by atoms with E-state index in [0.717, 1.165) is 17.5 Å². The zero-order valence-electron chi connectivity index (χ0n) is 10.9. The van der Waals surface area contributed by atoms with E-state index >= 15 is 0 Å². The van der Waals surface area contributed by atoms with Gasteiger partial charge >= 0.3 is 0 Å². The Morgan fingerprint density at radius 1 is 1.32 bits per heavy atom. The van der Waals surface area contributed by atoms with E-state index in [-0.39, 0.29) is 5.82 Å². The van der Waals surface area contributed by atoms with E-state index in [4.69, 9.17) is 4.52 Å². The maximum atomic E-state index is 11.5. The zero-order chi connectivity index (χ0) is 14.0. The predicted octanol–water partition coefficient (Wildman–Crippen LogP) is 1.88. The minimum Gasteiger partial charge on any atom is -0.387 e. The summed E-state index contributed by atoms with van der Waals surface area (Å²) in [5.41, 5.74) is 1.58. The first kappa shape index (κ1) is 13.5. The lowest BCUT2D eigenvalue weighted by Gasteiger charge is -2.04. The van der Waals surface area contributed by atoms with Crippen molar-refractivity contribution in [3.05, 3.63) is 30.1 Å². The lowest BCUT2D eigenvalue weighted by molar-refractivity contribution is 0.422. The van der Waals surface area contributed by atoms with Crippen LogP contribution in [0.2, 0.25) is 0 Å². The monoisotopic (exact) mass is 281 g/mol. The molecule has 0 fully saturated rings. The third-order valence-electron chi connectivity index (χ3n) is 2.87. The molecule has 1 atom stereocenters. The fourth-order valence-corrected chi connectivity index (χ4v) is 2.07. The van der Waals surface area contributed by atoms with Crippen LogP contribution in [0.1, 0.15) is 18.0 Å². The van der Waals surface area contributed by atoms with E-state index < -0.39 is 15.1 Å². The molecule has 1 aromatic carbocycles. The molecule has 1 unspecified atom stereocenters. The first-order valence-electron chi connectivity index (χ1n) is 5.73. The first-order valence-corrected chi connectivity index (χ1v) is 7.68. The van der Waals surface area contributed by atoms with Crippen LogP contribution >= 0.6 is 0 Å². The number of aromatic nitrogens is 2. The lowest BCUT2D eigenvalue weighted by atomic mass is 10.2. The zero-order valence-corrected chi connectivity index (χ0v) is 11.7. The van der Waals surface area contributed by atoms with Crippen LogP contribution in [-0.2, 0) is 9.84 Å². The summed E-state index contributed by atoms with van der Waals surface area (Å²) in [7, 11) is -1.45. The van der Waals surface area contributed by atoms with Crippen molar-refractivity contribution in [2.45, 2.75) is 12.2 Å². The number of hydrogen-bond donors (Lipinski definition) is 1. The van der Waals surface area contributed by atoms with Crippen LogP contribution in [0.25, 0.3) is 11.5 Å². The van der Waals surface area contributed by atoms with E-state index in [1.165, 1.54) is 6.92 Å². The fraction of sp³-hybridized carbons (Fsp3) is 0.333. The van der Waals surface area contributed by atoms with Gasteiger partial charge in [-0.2, -0.15) is 4.98 Å². The quantitative estimate of drug-likeness (QED) is 0.921. The molecule has 0 radical (unpaired) electrons. The molecule has 102 valence electrons. The van der Waals surface area contributed by atoms with Crippen molar-refractivity contribution in [3.63, 3.8) is 0 Å². The lowest BCUT2D eigenvalue weighted by Crippen LogP contribution is -2.09. The summed E-state index contributed by atoms with van der Waals surface area (Å²) in [5.74, 6) is 0.471. The number of rotatable bonds is 4. The van der Waals surface area contributed by atoms with Gasteiger partial charge in [0.05, 0.1) is 5.56 Å². The van der Waals surface area contributed by atoms with Gasteiger partial charge in [-0.1, -0.05) is 17.3 Å². The van der Waals surface area contributed by atoms with Gasteiger partial charge in [-0.15, -0.1) is 0 Å². The number of benzene rings is 1. The molecule has 19 heavy (non-hydrogen) atoms. The molecule has 2 aromatic rings. The summed E-state index contributed by atoms with van der Waals surface area (Å²) in [6.45, 7) is 1.54. The van der Waals surface area contributed by atoms with Crippen molar-refractivity contribution in [2.24, 2.45) is 0 Å². The topological polar surface area (TPSA) is 85.1 Å².